The number of hydrogen-bond acceptors (Lipinski definition) is 4. The molecule has 3 rings (SSSR count). The van der Waals surface area contributed by atoms with Gasteiger partial charge in [-0.1, -0.05) is 54.6 Å². The largest absolute Gasteiger partial charge is 0.573 e. The number of ether oxygens (including phenoxy) is 2. The van der Waals surface area contributed by atoms with E-state index in [1.807, 2.05) is 0 Å². The lowest BCUT2D eigenvalue weighted by molar-refractivity contribution is -0.275. The molecule has 14 heteroatoms. The van der Waals surface area contributed by atoms with Crippen molar-refractivity contribution < 1.29 is 58.9 Å². The number of aliphatic hydroxyl groups excluding tert-OH is 1. The average molecular weight is 581 g/mol. The molecule has 0 aliphatic rings. The fraction of sp³-hybridized carbons (Fsp3) is 0.269. The molecule has 0 aliphatic carbocycles. The van der Waals surface area contributed by atoms with Crippen LogP contribution in [0.5, 0.6) is 11.5 Å². The summed E-state index contributed by atoms with van der Waals surface area (Å²) in [5, 5.41) is 13.1. The number of benzene rings is 3. The quantitative estimate of drug-likeness (QED) is 0.227. The highest BCUT2D eigenvalue weighted by atomic mass is 19.4. The van der Waals surface area contributed by atoms with Crippen molar-refractivity contribution in [3.05, 3.63) is 95.6 Å². The lowest BCUT2D eigenvalue weighted by atomic mass is 9.68. The molecule has 0 bridgehead atoms. The van der Waals surface area contributed by atoms with Gasteiger partial charge in [0.2, 0.25) is 5.91 Å². The molecule has 216 valence electrons. The van der Waals surface area contributed by atoms with Gasteiger partial charge in [0.15, 0.2) is 0 Å². The molecule has 2 N–H and O–H groups in total. The number of carbonyl (C=O) groups is 1. The Hall–Kier alpha value is -3.94. The number of carbonyl (C=O) groups excluding carboxylic acids is 1. The minimum absolute atomic E-state index is 0.234. The lowest BCUT2D eigenvalue weighted by Crippen LogP contribution is -2.53. The van der Waals surface area contributed by atoms with E-state index in [9.17, 15) is 49.4 Å². The van der Waals surface area contributed by atoms with Crippen molar-refractivity contribution in [2.75, 3.05) is 0 Å². The number of amides is 1. The van der Waals surface area contributed by atoms with Crippen molar-refractivity contribution in [1.82, 2.24) is 5.32 Å². The average Bonchev–Trinajstić information content (AvgIpc) is 2.80. The first kappa shape index (κ1) is 30.6. The summed E-state index contributed by atoms with van der Waals surface area (Å²) >= 11 is 0. The summed E-state index contributed by atoms with van der Waals surface area (Å²) in [6.07, 6.45) is -20.0. The summed E-state index contributed by atoms with van der Waals surface area (Å²) < 4.78 is 124. The molecule has 0 heterocycles. The van der Waals surface area contributed by atoms with Crippen molar-refractivity contribution in [2.24, 2.45) is 0 Å². The van der Waals surface area contributed by atoms with Crippen LogP contribution in [-0.4, -0.2) is 36.1 Å². The molecule has 5 nitrogen and oxygen atoms in total. The lowest BCUT2D eigenvalue weighted by Gasteiger charge is -2.40. The van der Waals surface area contributed by atoms with Gasteiger partial charge in [-0.3, -0.25) is 4.79 Å². The van der Waals surface area contributed by atoms with Crippen LogP contribution in [0.3, 0.4) is 0 Å². The smallest absolute Gasteiger partial charge is 0.406 e. The van der Waals surface area contributed by atoms with Crippen LogP contribution in [0.2, 0.25) is 0 Å². The van der Waals surface area contributed by atoms with Crippen molar-refractivity contribution in [3.8, 4) is 11.5 Å². The molecule has 0 saturated heterocycles. The van der Waals surface area contributed by atoms with Crippen LogP contribution >= 0.6 is 0 Å². The predicted molar refractivity (Wildman–Crippen MR) is 122 cm³/mol. The Labute approximate surface area is 221 Å². The van der Waals surface area contributed by atoms with E-state index in [-0.39, 0.29) is 11.1 Å². The fourth-order valence-electron chi connectivity index (χ4n) is 4.15. The first-order valence-electron chi connectivity index (χ1n) is 11.3. The van der Waals surface area contributed by atoms with E-state index in [1.165, 1.54) is 24.3 Å². The summed E-state index contributed by atoms with van der Waals surface area (Å²) in [5.41, 5.74) is -2.27. The number of aliphatic hydroxyl groups is 1. The Morgan fingerprint density at radius 1 is 0.725 bits per heavy atom. The SMILES string of the molecule is O=C(CC(F)(F)F)N[C@H](O)C(Cc1ccccc1)(c1cccc(OC(F)(F)F)c1)c1cccc(OC(F)(F)F)c1. The van der Waals surface area contributed by atoms with Gasteiger partial charge >= 0.3 is 18.9 Å². The zero-order valence-electron chi connectivity index (χ0n) is 20.1. The Balaban J connectivity index is 2.27. The van der Waals surface area contributed by atoms with Gasteiger partial charge in [0.25, 0.3) is 0 Å². The van der Waals surface area contributed by atoms with E-state index in [0.29, 0.717) is 5.56 Å². The predicted octanol–water partition coefficient (Wildman–Crippen LogP) is 6.40. The van der Waals surface area contributed by atoms with Crippen molar-refractivity contribution >= 4 is 5.91 Å². The summed E-state index contributed by atoms with van der Waals surface area (Å²) in [6.45, 7) is 0. The third-order valence-corrected chi connectivity index (χ3v) is 5.62. The summed E-state index contributed by atoms with van der Waals surface area (Å²) in [4.78, 5) is 12.2. The summed E-state index contributed by atoms with van der Waals surface area (Å²) in [5.74, 6) is -3.28. The van der Waals surface area contributed by atoms with Crippen LogP contribution in [0.15, 0.2) is 78.9 Å². The van der Waals surface area contributed by atoms with E-state index in [1.54, 1.807) is 23.5 Å². The molecule has 0 spiro atoms. The molecule has 0 aromatic heterocycles. The van der Waals surface area contributed by atoms with Crippen LogP contribution in [0.1, 0.15) is 23.1 Å². The molecule has 3 aromatic carbocycles. The summed E-state index contributed by atoms with van der Waals surface area (Å²) in [7, 11) is 0. The third kappa shape index (κ3) is 8.53. The van der Waals surface area contributed by atoms with E-state index < -0.39 is 60.8 Å². The normalized spacial score (nSPS) is 13.4. The van der Waals surface area contributed by atoms with Gasteiger partial charge in [-0.05, 0) is 47.4 Å². The van der Waals surface area contributed by atoms with Crippen molar-refractivity contribution in [2.45, 2.75) is 43.4 Å². The van der Waals surface area contributed by atoms with Crippen LogP contribution < -0.4 is 14.8 Å². The van der Waals surface area contributed by atoms with Crippen LogP contribution in [0, 0.1) is 0 Å². The molecule has 3 aromatic rings. The standard InChI is InChI=1S/C26H20F9NO4/c27-24(28,29)15-21(37)36-22(38)23(14-16-6-2-1-3-7-16,17-8-4-10-19(12-17)39-25(30,31)32)18-9-5-11-20(13-18)40-26(33,34)35/h1-13,22,38H,14-15H2,(H,36,37)/t22-/m1/s1. The Bertz CT molecular complexity index is 1230. The highest BCUT2D eigenvalue weighted by molar-refractivity contribution is 5.77. The van der Waals surface area contributed by atoms with E-state index in [4.69, 9.17) is 0 Å². The molecule has 0 radical (unpaired) electrons. The Morgan fingerprint density at radius 3 is 1.62 bits per heavy atom. The van der Waals surface area contributed by atoms with Crippen molar-refractivity contribution in [1.29, 1.82) is 0 Å². The highest BCUT2D eigenvalue weighted by Gasteiger charge is 2.45. The fourth-order valence-corrected chi connectivity index (χ4v) is 4.15. The van der Waals surface area contributed by atoms with Gasteiger partial charge in [-0.25, -0.2) is 0 Å². The maximum Gasteiger partial charge on any atom is 0.573 e. The second-order valence-corrected chi connectivity index (χ2v) is 8.55. The van der Waals surface area contributed by atoms with Gasteiger partial charge in [0, 0.05) is 0 Å². The van der Waals surface area contributed by atoms with E-state index >= 15 is 0 Å². The molecule has 0 fully saturated rings. The van der Waals surface area contributed by atoms with Gasteiger partial charge in [-0.15, -0.1) is 26.3 Å². The molecular formula is C26H20F9NO4. The van der Waals surface area contributed by atoms with Gasteiger partial charge < -0.3 is 19.9 Å². The molecule has 1 amide bonds. The maximum absolute atomic E-state index is 13.0. The minimum atomic E-state index is -5.15. The molecule has 40 heavy (non-hydrogen) atoms. The third-order valence-electron chi connectivity index (χ3n) is 5.62. The van der Waals surface area contributed by atoms with Crippen LogP contribution in [-0.2, 0) is 16.6 Å². The monoisotopic (exact) mass is 581 g/mol. The summed E-state index contributed by atoms with van der Waals surface area (Å²) in [6, 6.07) is 15.7. The minimum Gasteiger partial charge on any atom is -0.406 e. The first-order valence-corrected chi connectivity index (χ1v) is 11.3. The topological polar surface area (TPSA) is 67.8 Å². The molecule has 0 unspecified atom stereocenters. The highest BCUT2D eigenvalue weighted by Crippen LogP contribution is 2.42. The van der Waals surface area contributed by atoms with E-state index in [0.717, 1.165) is 36.4 Å². The number of nitrogens with one attached hydrogen (secondary N) is 1. The number of halogens is 9. The zero-order valence-corrected chi connectivity index (χ0v) is 20.1. The molecule has 0 saturated carbocycles. The molecule has 1 atom stereocenters. The maximum atomic E-state index is 13.0. The second-order valence-electron chi connectivity index (χ2n) is 8.55. The van der Waals surface area contributed by atoms with Gasteiger partial charge in [0.1, 0.15) is 24.1 Å². The molecular weight excluding hydrogens is 561 g/mol. The van der Waals surface area contributed by atoms with Gasteiger partial charge in [0.05, 0.1) is 5.41 Å². The zero-order chi connectivity index (χ0) is 29.8. The van der Waals surface area contributed by atoms with Gasteiger partial charge in [-0.2, -0.15) is 13.2 Å². The van der Waals surface area contributed by atoms with Crippen molar-refractivity contribution in [3.63, 3.8) is 0 Å². The van der Waals surface area contributed by atoms with Crippen LogP contribution in [0.4, 0.5) is 39.5 Å². The Morgan fingerprint density at radius 2 is 1.20 bits per heavy atom. The van der Waals surface area contributed by atoms with Crippen LogP contribution in [0.25, 0.3) is 0 Å². The first-order chi connectivity index (χ1) is 18.5. The number of alkyl halides is 9. The Kier molecular flexibility index (Phi) is 8.92. The number of hydrogen-bond donors (Lipinski definition) is 2. The van der Waals surface area contributed by atoms with E-state index in [2.05, 4.69) is 9.47 Å². The second kappa shape index (κ2) is 11.7. The molecule has 0 aliphatic heterocycles. The number of rotatable bonds is 9.